The normalized spacial score (nSPS) is 10.8. The number of hydrogen-bond donors (Lipinski definition) is 1. The molecule has 0 fully saturated rings. The SMILES string of the molecule is COc1ccc(CCNC(=O)CSCc2cc(=O)n3ccsc3n2)cc1. The quantitative estimate of drug-likeness (QED) is 0.640. The van der Waals surface area contributed by atoms with Crippen LogP contribution >= 0.6 is 23.1 Å². The molecule has 1 amide bonds. The fourth-order valence-electron chi connectivity index (χ4n) is 2.40. The Kier molecular flexibility index (Phi) is 6.30. The number of ether oxygens (including phenoxy) is 1. The summed E-state index contributed by atoms with van der Waals surface area (Å²) in [6.07, 6.45) is 2.48. The number of thioether (sulfide) groups is 1. The van der Waals surface area contributed by atoms with Crippen molar-refractivity contribution in [1.82, 2.24) is 14.7 Å². The predicted molar refractivity (Wildman–Crippen MR) is 105 cm³/mol. The van der Waals surface area contributed by atoms with Gasteiger partial charge >= 0.3 is 0 Å². The van der Waals surface area contributed by atoms with Crippen molar-refractivity contribution < 1.29 is 9.53 Å². The van der Waals surface area contributed by atoms with Crippen molar-refractivity contribution in [3.8, 4) is 5.75 Å². The van der Waals surface area contributed by atoms with Crippen molar-refractivity contribution in [3.05, 3.63) is 63.5 Å². The van der Waals surface area contributed by atoms with Crippen LogP contribution < -0.4 is 15.6 Å². The van der Waals surface area contributed by atoms with E-state index in [1.54, 1.807) is 13.3 Å². The second kappa shape index (κ2) is 8.86. The molecular formula is C18H19N3O3S2. The van der Waals surface area contributed by atoms with E-state index in [2.05, 4.69) is 10.3 Å². The fraction of sp³-hybridized carbons (Fsp3) is 0.278. The van der Waals surface area contributed by atoms with Gasteiger partial charge in [0.1, 0.15) is 5.75 Å². The van der Waals surface area contributed by atoms with E-state index in [4.69, 9.17) is 4.74 Å². The van der Waals surface area contributed by atoms with Gasteiger partial charge in [-0.25, -0.2) is 4.98 Å². The highest BCUT2D eigenvalue weighted by atomic mass is 32.2. The van der Waals surface area contributed by atoms with Gasteiger partial charge in [-0.2, -0.15) is 0 Å². The highest BCUT2D eigenvalue weighted by Crippen LogP contribution is 2.13. The van der Waals surface area contributed by atoms with Crippen LogP contribution in [0.15, 0.2) is 46.7 Å². The minimum absolute atomic E-state index is 0.0163. The van der Waals surface area contributed by atoms with Gasteiger partial charge < -0.3 is 10.1 Å². The lowest BCUT2D eigenvalue weighted by atomic mass is 10.1. The largest absolute Gasteiger partial charge is 0.497 e. The molecule has 0 bridgehead atoms. The molecule has 0 aliphatic rings. The van der Waals surface area contributed by atoms with Crippen LogP contribution in [0.2, 0.25) is 0 Å². The van der Waals surface area contributed by atoms with E-state index in [1.807, 2.05) is 29.6 Å². The molecule has 0 saturated heterocycles. The van der Waals surface area contributed by atoms with Gasteiger partial charge in [-0.05, 0) is 24.1 Å². The number of aromatic nitrogens is 2. The zero-order chi connectivity index (χ0) is 18.4. The highest BCUT2D eigenvalue weighted by molar-refractivity contribution is 7.99. The maximum Gasteiger partial charge on any atom is 0.258 e. The van der Waals surface area contributed by atoms with Gasteiger partial charge in [0.25, 0.3) is 5.56 Å². The van der Waals surface area contributed by atoms with Crippen LogP contribution in [0.3, 0.4) is 0 Å². The van der Waals surface area contributed by atoms with Crippen molar-refractivity contribution in [3.63, 3.8) is 0 Å². The van der Waals surface area contributed by atoms with E-state index < -0.39 is 0 Å². The van der Waals surface area contributed by atoms with Crippen molar-refractivity contribution >= 4 is 34.0 Å². The van der Waals surface area contributed by atoms with Crippen LogP contribution in [-0.4, -0.2) is 34.7 Å². The zero-order valence-corrected chi connectivity index (χ0v) is 15.9. The van der Waals surface area contributed by atoms with Crippen LogP contribution in [0.4, 0.5) is 0 Å². The van der Waals surface area contributed by atoms with E-state index in [9.17, 15) is 9.59 Å². The Labute approximate surface area is 159 Å². The van der Waals surface area contributed by atoms with E-state index in [0.29, 0.717) is 28.7 Å². The van der Waals surface area contributed by atoms with Gasteiger partial charge in [-0.3, -0.25) is 14.0 Å². The molecule has 3 rings (SSSR count). The first-order valence-corrected chi connectivity index (χ1v) is 10.1. The summed E-state index contributed by atoms with van der Waals surface area (Å²) >= 11 is 2.87. The van der Waals surface area contributed by atoms with E-state index >= 15 is 0 Å². The average Bonchev–Trinajstić information content (AvgIpc) is 3.11. The number of nitrogens with one attached hydrogen (secondary N) is 1. The number of carbonyl (C=O) groups excluding carboxylic acids is 1. The number of fused-ring (bicyclic) bond motifs is 1. The minimum atomic E-state index is -0.0872. The number of hydrogen-bond acceptors (Lipinski definition) is 6. The van der Waals surface area contributed by atoms with Gasteiger partial charge in [-0.1, -0.05) is 12.1 Å². The molecule has 6 nitrogen and oxygen atoms in total. The number of carbonyl (C=O) groups is 1. The predicted octanol–water partition coefficient (Wildman–Crippen LogP) is 2.36. The number of amides is 1. The van der Waals surface area contributed by atoms with Crippen LogP contribution in [0.5, 0.6) is 5.75 Å². The lowest BCUT2D eigenvalue weighted by molar-refractivity contribution is -0.118. The summed E-state index contributed by atoms with van der Waals surface area (Å²) in [5.41, 5.74) is 1.76. The smallest absolute Gasteiger partial charge is 0.258 e. The van der Waals surface area contributed by atoms with Crippen molar-refractivity contribution in [2.24, 2.45) is 0 Å². The molecule has 0 spiro atoms. The van der Waals surface area contributed by atoms with E-state index in [1.165, 1.54) is 33.6 Å². The second-order valence-corrected chi connectivity index (χ2v) is 7.44. The van der Waals surface area contributed by atoms with Gasteiger partial charge in [0.05, 0.1) is 18.6 Å². The number of rotatable bonds is 8. The van der Waals surface area contributed by atoms with Crippen molar-refractivity contribution in [2.75, 3.05) is 19.4 Å². The van der Waals surface area contributed by atoms with Gasteiger partial charge in [0, 0.05) is 29.9 Å². The molecule has 0 aliphatic heterocycles. The first-order valence-electron chi connectivity index (χ1n) is 8.09. The molecular weight excluding hydrogens is 370 g/mol. The molecule has 1 aromatic carbocycles. The molecule has 26 heavy (non-hydrogen) atoms. The maximum atomic E-state index is 11.9. The maximum absolute atomic E-state index is 11.9. The lowest BCUT2D eigenvalue weighted by Gasteiger charge is -2.06. The molecule has 0 aliphatic carbocycles. The third-order valence-electron chi connectivity index (χ3n) is 3.73. The Hall–Kier alpha value is -2.32. The van der Waals surface area contributed by atoms with E-state index in [0.717, 1.165) is 17.7 Å². The van der Waals surface area contributed by atoms with Crippen molar-refractivity contribution in [1.29, 1.82) is 0 Å². The summed E-state index contributed by atoms with van der Waals surface area (Å²) in [6, 6.07) is 9.32. The second-order valence-electron chi connectivity index (χ2n) is 5.58. The van der Waals surface area contributed by atoms with E-state index in [-0.39, 0.29) is 11.5 Å². The first-order chi connectivity index (χ1) is 12.7. The molecule has 0 saturated carbocycles. The summed E-state index contributed by atoms with van der Waals surface area (Å²) in [4.78, 5) is 28.9. The van der Waals surface area contributed by atoms with Crippen LogP contribution in [-0.2, 0) is 17.0 Å². The molecule has 2 aromatic heterocycles. The number of nitrogens with zero attached hydrogens (tertiary/aromatic N) is 2. The Bertz CT molecular complexity index is 935. The molecule has 2 heterocycles. The number of benzene rings is 1. The Morgan fingerprint density at radius 1 is 1.35 bits per heavy atom. The molecule has 3 aromatic rings. The van der Waals surface area contributed by atoms with Crippen LogP contribution in [0.25, 0.3) is 4.96 Å². The molecule has 136 valence electrons. The summed E-state index contributed by atoms with van der Waals surface area (Å²) in [7, 11) is 1.64. The Balaban J connectivity index is 1.40. The Morgan fingerprint density at radius 2 is 2.15 bits per heavy atom. The fourth-order valence-corrected chi connectivity index (χ4v) is 3.88. The molecule has 8 heteroatoms. The molecule has 0 atom stereocenters. The number of methoxy groups -OCH3 is 1. The first kappa shape index (κ1) is 18.5. The number of thiazole rings is 1. The monoisotopic (exact) mass is 389 g/mol. The summed E-state index contributed by atoms with van der Waals surface area (Å²) in [6.45, 7) is 0.590. The minimum Gasteiger partial charge on any atom is -0.497 e. The highest BCUT2D eigenvalue weighted by Gasteiger charge is 2.06. The van der Waals surface area contributed by atoms with Crippen LogP contribution in [0.1, 0.15) is 11.3 Å². The summed E-state index contributed by atoms with van der Waals surface area (Å²) < 4.78 is 6.64. The third kappa shape index (κ3) is 4.86. The van der Waals surface area contributed by atoms with Gasteiger partial charge in [0.15, 0.2) is 4.96 Å². The topological polar surface area (TPSA) is 72.7 Å². The molecule has 0 radical (unpaired) electrons. The lowest BCUT2D eigenvalue weighted by Crippen LogP contribution is -2.27. The summed E-state index contributed by atoms with van der Waals surface area (Å²) in [5.74, 6) is 1.68. The Morgan fingerprint density at radius 3 is 2.92 bits per heavy atom. The van der Waals surface area contributed by atoms with Gasteiger partial charge in [-0.15, -0.1) is 23.1 Å². The molecule has 1 N–H and O–H groups in total. The van der Waals surface area contributed by atoms with Crippen molar-refractivity contribution in [2.45, 2.75) is 12.2 Å². The zero-order valence-electron chi connectivity index (χ0n) is 14.3. The standard InChI is InChI=1S/C18H19N3O3S2/c1-24-15-4-2-13(3-5-15)6-7-19-16(22)12-25-11-14-10-17(23)21-8-9-26-18(21)20-14/h2-5,8-10H,6-7,11-12H2,1H3,(H,19,22). The average molecular weight is 390 g/mol. The molecule has 0 unspecified atom stereocenters. The van der Waals surface area contributed by atoms with Crippen LogP contribution in [0, 0.1) is 0 Å². The third-order valence-corrected chi connectivity index (χ3v) is 5.46. The van der Waals surface area contributed by atoms with Gasteiger partial charge in [0.2, 0.25) is 5.91 Å². The summed E-state index contributed by atoms with van der Waals surface area (Å²) in [5, 5.41) is 4.74.